The summed E-state index contributed by atoms with van der Waals surface area (Å²) in [5.41, 5.74) is 2.65. The third-order valence-corrected chi connectivity index (χ3v) is 11.7. The number of phosphoric ester groups is 1. The summed E-state index contributed by atoms with van der Waals surface area (Å²) in [5, 5.41) is 9.58. The lowest BCUT2D eigenvalue weighted by atomic mass is 10.0. The summed E-state index contributed by atoms with van der Waals surface area (Å²) in [6.45, 7) is 8.37. The van der Waals surface area contributed by atoms with Gasteiger partial charge in [-0.2, -0.15) is 0 Å². The largest absolute Gasteiger partial charge is 0.472 e. The summed E-state index contributed by atoms with van der Waals surface area (Å²) in [6, 6.07) is 0. The zero-order chi connectivity index (χ0) is 45.9. The Hall–Kier alpha value is -2.79. The Bertz CT molecular complexity index is 1490. The van der Waals surface area contributed by atoms with Gasteiger partial charge in [-0.1, -0.05) is 114 Å². The van der Waals surface area contributed by atoms with Crippen molar-refractivity contribution in [2.75, 3.05) is 47.5 Å². The molecule has 356 valence electrons. The van der Waals surface area contributed by atoms with Crippen LogP contribution < -0.4 is 0 Å². The van der Waals surface area contributed by atoms with Gasteiger partial charge in [0.05, 0.1) is 33.9 Å². The number of aliphatic hydroxyl groups is 1. The van der Waals surface area contributed by atoms with E-state index in [0.29, 0.717) is 30.3 Å². The molecular formula is C50H87NO10P+. The molecule has 1 heterocycles. The molecule has 0 aliphatic rings. The Morgan fingerprint density at radius 2 is 1.19 bits per heavy atom. The molecule has 1 rings (SSSR count). The monoisotopic (exact) mass is 893 g/mol. The number of hydrogen-bond donors (Lipinski definition) is 2. The number of carbonyl (C=O) groups is 2. The minimum Gasteiger partial charge on any atom is -0.466 e. The molecule has 0 aliphatic carbocycles. The number of aryl methyl sites for hydroxylation is 2. The molecule has 0 fully saturated rings. The van der Waals surface area contributed by atoms with E-state index in [4.69, 9.17) is 22.9 Å². The van der Waals surface area contributed by atoms with Gasteiger partial charge in [-0.25, -0.2) is 4.57 Å². The Kier molecular flexibility index (Phi) is 32.8. The summed E-state index contributed by atoms with van der Waals surface area (Å²) in [7, 11) is 1.39. The first-order valence-electron chi connectivity index (χ1n) is 23.8. The highest BCUT2D eigenvalue weighted by molar-refractivity contribution is 7.47. The van der Waals surface area contributed by atoms with Gasteiger partial charge < -0.3 is 28.4 Å². The fraction of sp³-hybridized carbons (Fsp3) is 0.720. The van der Waals surface area contributed by atoms with Crippen molar-refractivity contribution in [3.8, 4) is 0 Å². The lowest BCUT2D eigenvalue weighted by Crippen LogP contribution is -2.37. The van der Waals surface area contributed by atoms with E-state index in [2.05, 4.69) is 63.3 Å². The summed E-state index contributed by atoms with van der Waals surface area (Å²) >= 11 is 0. The maximum absolute atomic E-state index is 12.7. The Morgan fingerprint density at radius 1 is 0.677 bits per heavy atom. The van der Waals surface area contributed by atoms with Crippen molar-refractivity contribution < 1.29 is 51.6 Å². The van der Waals surface area contributed by atoms with Crippen LogP contribution in [0.5, 0.6) is 0 Å². The molecule has 0 spiro atoms. The van der Waals surface area contributed by atoms with Gasteiger partial charge in [0.1, 0.15) is 31.3 Å². The third-order valence-electron chi connectivity index (χ3n) is 10.7. The fourth-order valence-corrected chi connectivity index (χ4v) is 7.26. The van der Waals surface area contributed by atoms with Gasteiger partial charge in [-0.3, -0.25) is 18.6 Å². The highest BCUT2D eigenvalue weighted by atomic mass is 31.2. The van der Waals surface area contributed by atoms with Crippen LogP contribution in [0.15, 0.2) is 53.0 Å². The number of furan rings is 1. The summed E-state index contributed by atoms with van der Waals surface area (Å²) < 4.78 is 40.6. The predicted molar refractivity (Wildman–Crippen MR) is 252 cm³/mol. The van der Waals surface area contributed by atoms with E-state index in [1.807, 2.05) is 34.1 Å². The van der Waals surface area contributed by atoms with E-state index in [-0.39, 0.29) is 32.2 Å². The van der Waals surface area contributed by atoms with E-state index in [1.54, 1.807) is 0 Å². The Morgan fingerprint density at radius 3 is 1.76 bits per heavy atom. The SMILES string of the molecule is CCCCCc1oc(CCCCCCCCCCC(=O)OC[C@H](COP(=O)(O)OCC[N+](C)(C)C)OC(=O)CCC/C=C\C/C=C\C/C=C\C/C=C\CC[C@H](O)CC)c(C)c1C. The lowest BCUT2D eigenvalue weighted by molar-refractivity contribution is -0.870. The van der Waals surface area contributed by atoms with Crippen LogP contribution in [-0.4, -0.2) is 86.1 Å². The molecule has 1 unspecified atom stereocenters. The lowest BCUT2D eigenvalue weighted by Gasteiger charge is -2.24. The Balaban J connectivity index is 2.38. The molecule has 0 amide bonds. The first-order valence-corrected chi connectivity index (χ1v) is 25.3. The number of allylic oxidation sites excluding steroid dienone is 8. The predicted octanol–water partition coefficient (Wildman–Crippen LogP) is 12.1. The minimum atomic E-state index is -4.41. The zero-order valence-electron chi connectivity index (χ0n) is 39.9. The average Bonchev–Trinajstić information content (AvgIpc) is 3.49. The second-order valence-electron chi connectivity index (χ2n) is 17.5. The quantitative estimate of drug-likeness (QED) is 0.0216. The van der Waals surface area contributed by atoms with Crippen LogP contribution in [0.3, 0.4) is 0 Å². The highest BCUT2D eigenvalue weighted by Crippen LogP contribution is 2.43. The number of aliphatic hydroxyl groups excluding tert-OH is 1. The van der Waals surface area contributed by atoms with Gasteiger partial charge in [-0.15, -0.1) is 0 Å². The molecule has 0 bridgehead atoms. The van der Waals surface area contributed by atoms with Gasteiger partial charge in [0.15, 0.2) is 6.10 Å². The van der Waals surface area contributed by atoms with Crippen molar-refractivity contribution in [3.63, 3.8) is 0 Å². The molecule has 0 saturated heterocycles. The zero-order valence-corrected chi connectivity index (χ0v) is 40.8. The number of esters is 2. The molecule has 62 heavy (non-hydrogen) atoms. The molecule has 0 radical (unpaired) electrons. The van der Waals surface area contributed by atoms with Gasteiger partial charge in [0, 0.05) is 25.7 Å². The number of hydrogen-bond acceptors (Lipinski definition) is 9. The maximum Gasteiger partial charge on any atom is 0.472 e. The van der Waals surface area contributed by atoms with Crippen molar-refractivity contribution in [3.05, 3.63) is 71.3 Å². The van der Waals surface area contributed by atoms with E-state index in [0.717, 1.165) is 82.8 Å². The summed E-state index contributed by atoms with van der Waals surface area (Å²) in [5.74, 6) is 1.42. The molecule has 12 heteroatoms. The molecule has 1 aromatic rings. The molecular weight excluding hydrogens is 806 g/mol. The Labute approximate surface area is 376 Å². The van der Waals surface area contributed by atoms with Crippen LogP contribution >= 0.6 is 7.82 Å². The number of likely N-dealkylation sites (N-methyl/N-ethyl adjacent to an activating group) is 1. The summed E-state index contributed by atoms with van der Waals surface area (Å²) in [6.07, 6.45) is 36.5. The van der Waals surface area contributed by atoms with Crippen LogP contribution in [0.2, 0.25) is 0 Å². The van der Waals surface area contributed by atoms with Crippen LogP contribution in [0, 0.1) is 13.8 Å². The van der Waals surface area contributed by atoms with Gasteiger partial charge in [-0.05, 0) is 95.6 Å². The summed E-state index contributed by atoms with van der Waals surface area (Å²) in [4.78, 5) is 35.5. The molecule has 1 aromatic heterocycles. The normalized spacial score (nSPS) is 14.4. The van der Waals surface area contributed by atoms with Crippen LogP contribution in [-0.2, 0) is 45.5 Å². The van der Waals surface area contributed by atoms with Gasteiger partial charge in [0.25, 0.3) is 0 Å². The first kappa shape index (κ1) is 57.2. The molecule has 2 N–H and O–H groups in total. The third kappa shape index (κ3) is 32.0. The number of unbranched alkanes of at least 4 members (excludes halogenated alkanes) is 10. The number of ether oxygens (including phenoxy) is 2. The standard InChI is InChI=1S/C50H86NO10P/c1-8-10-29-35-47-43(3)44(4)48(61-47)36-31-26-22-19-20-23-27-32-37-49(53)57-41-46(42-59-62(55,56)58-40-39-51(5,6)7)60-50(54)38-33-28-24-18-16-14-12-11-13-15-17-21-25-30-34-45(52)9-2/h12-15,18,21,24-25,45-46,52H,8-11,16-17,19-20,22-23,26-42H2,1-7H3/p+1/b14-12-,15-13-,24-18-,25-21-/t45-,46-/m1/s1. The van der Waals surface area contributed by atoms with Crippen molar-refractivity contribution >= 4 is 19.8 Å². The molecule has 11 nitrogen and oxygen atoms in total. The fourth-order valence-electron chi connectivity index (χ4n) is 6.52. The number of quaternary nitrogens is 1. The number of nitrogens with zero attached hydrogens (tertiary/aromatic N) is 1. The van der Waals surface area contributed by atoms with Crippen molar-refractivity contribution in [2.24, 2.45) is 0 Å². The van der Waals surface area contributed by atoms with Gasteiger partial charge in [0.2, 0.25) is 0 Å². The molecule has 0 saturated carbocycles. The molecule has 0 aromatic carbocycles. The number of rotatable bonds is 39. The van der Waals surface area contributed by atoms with Gasteiger partial charge >= 0.3 is 19.8 Å². The van der Waals surface area contributed by atoms with Crippen molar-refractivity contribution in [1.82, 2.24) is 0 Å². The van der Waals surface area contributed by atoms with Crippen LogP contribution in [0.25, 0.3) is 0 Å². The van der Waals surface area contributed by atoms with E-state index in [1.165, 1.54) is 55.4 Å². The number of phosphoric acid groups is 1. The second-order valence-corrected chi connectivity index (χ2v) is 19.0. The van der Waals surface area contributed by atoms with E-state index >= 15 is 0 Å². The number of carbonyl (C=O) groups excluding carboxylic acids is 2. The minimum absolute atomic E-state index is 0.00695. The van der Waals surface area contributed by atoms with E-state index in [9.17, 15) is 24.2 Å². The topological polar surface area (TPSA) is 142 Å². The van der Waals surface area contributed by atoms with Crippen molar-refractivity contribution in [2.45, 2.75) is 188 Å². The highest BCUT2D eigenvalue weighted by Gasteiger charge is 2.27. The van der Waals surface area contributed by atoms with Crippen LogP contribution in [0.4, 0.5) is 0 Å². The second kappa shape index (κ2) is 35.5. The first-order chi connectivity index (χ1) is 29.7. The van der Waals surface area contributed by atoms with Crippen LogP contribution in [0.1, 0.15) is 171 Å². The smallest absolute Gasteiger partial charge is 0.466 e. The molecule has 3 atom stereocenters. The average molecular weight is 893 g/mol. The van der Waals surface area contributed by atoms with Crippen molar-refractivity contribution in [1.29, 1.82) is 0 Å². The van der Waals surface area contributed by atoms with E-state index < -0.39 is 32.5 Å². The molecule has 0 aliphatic heterocycles. The maximum atomic E-state index is 12.7.